The molecule has 1 saturated carbocycles. The van der Waals surface area contributed by atoms with E-state index < -0.39 is 0 Å². The predicted octanol–water partition coefficient (Wildman–Crippen LogP) is 1.02. The number of likely N-dealkylation sites (tertiary alicyclic amines) is 1. The van der Waals surface area contributed by atoms with E-state index in [1.807, 2.05) is 23.1 Å². The van der Waals surface area contributed by atoms with Gasteiger partial charge < -0.3 is 15.1 Å². The van der Waals surface area contributed by atoms with Crippen LogP contribution in [0.2, 0.25) is 0 Å². The minimum Gasteiger partial charge on any atom is -0.368 e. The Bertz CT molecular complexity index is 811. The first-order valence-electron chi connectivity index (χ1n) is 11.2. The molecule has 2 saturated heterocycles. The fourth-order valence-electron chi connectivity index (χ4n) is 4.91. The second kappa shape index (κ2) is 9.49. The summed E-state index contributed by atoms with van der Waals surface area (Å²) >= 11 is 0. The summed E-state index contributed by atoms with van der Waals surface area (Å²) in [5, 5.41) is 2.69. The number of anilines is 1. The average molecular weight is 427 g/mol. The number of benzene rings is 1. The lowest BCUT2D eigenvalue weighted by molar-refractivity contribution is -0.143. The van der Waals surface area contributed by atoms with Gasteiger partial charge in [0.05, 0.1) is 11.8 Å². The van der Waals surface area contributed by atoms with Crippen LogP contribution in [0.4, 0.5) is 5.69 Å². The second-order valence-electron chi connectivity index (χ2n) is 8.56. The average Bonchev–Trinajstić information content (AvgIpc) is 3.05. The number of fused-ring (bicyclic) bond motifs is 1. The van der Waals surface area contributed by atoms with Gasteiger partial charge in [0.15, 0.2) is 0 Å². The van der Waals surface area contributed by atoms with Crippen molar-refractivity contribution >= 4 is 29.3 Å². The van der Waals surface area contributed by atoms with E-state index in [1.165, 1.54) is 0 Å². The molecular weight excluding hydrogens is 396 g/mol. The fourth-order valence-corrected chi connectivity index (χ4v) is 4.91. The van der Waals surface area contributed by atoms with E-state index >= 15 is 0 Å². The monoisotopic (exact) mass is 426 g/mol. The van der Waals surface area contributed by atoms with Gasteiger partial charge in [-0.05, 0) is 25.0 Å². The molecule has 1 aromatic rings. The molecule has 1 aromatic carbocycles. The lowest BCUT2D eigenvalue weighted by Gasteiger charge is -2.36. The van der Waals surface area contributed by atoms with Crippen LogP contribution >= 0.6 is 0 Å². The normalized spacial score (nSPS) is 23.7. The predicted molar refractivity (Wildman–Crippen MR) is 115 cm³/mol. The lowest BCUT2D eigenvalue weighted by Crippen LogP contribution is -2.49. The Morgan fingerprint density at radius 1 is 0.903 bits per heavy atom. The van der Waals surface area contributed by atoms with Crippen LogP contribution in [0, 0.1) is 11.8 Å². The standard InChI is InChI=1S/C23H30N4O4/c28-20(16-27-22(30)18-8-4-5-9-19(18)23(27)31)24-11-10-21(29)26-14-12-25(13-15-26)17-6-2-1-3-7-17/h1-3,6-7,18-19H,4-5,8-16H2,(H,24,28). The minimum atomic E-state index is -0.387. The summed E-state index contributed by atoms with van der Waals surface area (Å²) in [5.41, 5.74) is 1.16. The molecule has 2 heterocycles. The molecule has 31 heavy (non-hydrogen) atoms. The molecule has 2 unspecified atom stereocenters. The first kappa shape index (κ1) is 21.3. The quantitative estimate of drug-likeness (QED) is 0.686. The molecule has 8 nitrogen and oxygen atoms in total. The molecule has 4 amide bonds. The molecule has 3 aliphatic rings. The van der Waals surface area contributed by atoms with E-state index in [2.05, 4.69) is 22.3 Å². The Morgan fingerprint density at radius 3 is 2.13 bits per heavy atom. The van der Waals surface area contributed by atoms with Crippen molar-refractivity contribution in [2.75, 3.05) is 44.2 Å². The number of carbonyl (C=O) groups is 4. The third kappa shape index (κ3) is 4.73. The van der Waals surface area contributed by atoms with E-state index in [1.54, 1.807) is 0 Å². The first-order chi connectivity index (χ1) is 15.0. The minimum absolute atomic E-state index is 0.00681. The van der Waals surface area contributed by atoms with Crippen molar-refractivity contribution in [3.8, 4) is 0 Å². The highest BCUT2D eigenvalue weighted by Crippen LogP contribution is 2.37. The Morgan fingerprint density at radius 2 is 1.52 bits per heavy atom. The zero-order valence-electron chi connectivity index (χ0n) is 17.8. The molecule has 0 aromatic heterocycles. The molecule has 3 fully saturated rings. The lowest BCUT2D eigenvalue weighted by atomic mass is 9.81. The summed E-state index contributed by atoms with van der Waals surface area (Å²) in [6, 6.07) is 10.1. The van der Waals surface area contributed by atoms with Gasteiger partial charge in [0, 0.05) is 44.8 Å². The third-order valence-corrected chi connectivity index (χ3v) is 6.65. The summed E-state index contributed by atoms with van der Waals surface area (Å²) in [5.74, 6) is -1.29. The molecule has 2 aliphatic heterocycles. The SMILES string of the molecule is O=C(CN1C(=O)C2CCCCC2C1=O)NCCC(=O)N1CCN(c2ccccc2)CC1. The summed E-state index contributed by atoms with van der Waals surface area (Å²) in [6.45, 7) is 2.84. The molecule has 1 N–H and O–H groups in total. The van der Waals surface area contributed by atoms with Gasteiger partial charge in [0.25, 0.3) is 0 Å². The van der Waals surface area contributed by atoms with Gasteiger partial charge in [0.1, 0.15) is 6.54 Å². The molecule has 8 heteroatoms. The van der Waals surface area contributed by atoms with E-state index in [9.17, 15) is 19.2 Å². The number of piperazine rings is 1. The van der Waals surface area contributed by atoms with Crippen LogP contribution in [-0.2, 0) is 19.2 Å². The topological polar surface area (TPSA) is 90.0 Å². The third-order valence-electron chi connectivity index (χ3n) is 6.65. The number of amides is 4. The van der Waals surface area contributed by atoms with Crippen LogP contribution in [0.25, 0.3) is 0 Å². The number of rotatable bonds is 6. The molecule has 2 atom stereocenters. The molecule has 4 rings (SSSR count). The number of para-hydroxylation sites is 1. The summed E-state index contributed by atoms with van der Waals surface area (Å²) < 4.78 is 0. The maximum absolute atomic E-state index is 12.5. The van der Waals surface area contributed by atoms with E-state index in [-0.39, 0.29) is 55.0 Å². The van der Waals surface area contributed by atoms with Gasteiger partial charge in [-0.25, -0.2) is 0 Å². The van der Waals surface area contributed by atoms with Crippen molar-refractivity contribution in [2.45, 2.75) is 32.1 Å². The van der Waals surface area contributed by atoms with Crippen molar-refractivity contribution in [1.29, 1.82) is 0 Å². The molecule has 0 bridgehead atoms. The van der Waals surface area contributed by atoms with Gasteiger partial charge in [-0.1, -0.05) is 31.0 Å². The second-order valence-corrected chi connectivity index (χ2v) is 8.56. The van der Waals surface area contributed by atoms with Gasteiger partial charge in [0.2, 0.25) is 23.6 Å². The first-order valence-corrected chi connectivity index (χ1v) is 11.2. The Balaban J connectivity index is 1.17. The Hall–Kier alpha value is -2.90. The van der Waals surface area contributed by atoms with Crippen LogP contribution in [0.1, 0.15) is 32.1 Å². The van der Waals surface area contributed by atoms with Crippen LogP contribution in [0.5, 0.6) is 0 Å². The van der Waals surface area contributed by atoms with E-state index in [4.69, 9.17) is 0 Å². The van der Waals surface area contributed by atoms with E-state index in [0.717, 1.165) is 49.4 Å². The summed E-state index contributed by atoms with van der Waals surface area (Å²) in [4.78, 5) is 54.9. The van der Waals surface area contributed by atoms with E-state index in [0.29, 0.717) is 13.1 Å². The van der Waals surface area contributed by atoms with Crippen molar-refractivity contribution in [3.05, 3.63) is 30.3 Å². The highest BCUT2D eigenvalue weighted by Gasteiger charge is 2.48. The number of hydrogen-bond donors (Lipinski definition) is 1. The molecule has 0 spiro atoms. The molecule has 166 valence electrons. The van der Waals surface area contributed by atoms with Crippen LogP contribution in [0.15, 0.2) is 30.3 Å². The summed E-state index contributed by atoms with van der Waals surface area (Å²) in [6.07, 6.45) is 3.60. The zero-order chi connectivity index (χ0) is 21.8. The number of nitrogens with zero attached hydrogens (tertiary/aromatic N) is 3. The number of imide groups is 1. The van der Waals surface area contributed by atoms with Crippen molar-refractivity contribution < 1.29 is 19.2 Å². The number of carbonyl (C=O) groups excluding carboxylic acids is 4. The van der Waals surface area contributed by atoms with Crippen LogP contribution in [0.3, 0.4) is 0 Å². The fraction of sp³-hybridized carbons (Fsp3) is 0.565. The van der Waals surface area contributed by atoms with Gasteiger partial charge in [-0.2, -0.15) is 0 Å². The van der Waals surface area contributed by atoms with Gasteiger partial charge in [-0.3, -0.25) is 24.1 Å². The maximum Gasteiger partial charge on any atom is 0.240 e. The Kier molecular flexibility index (Phi) is 6.53. The van der Waals surface area contributed by atoms with Crippen molar-refractivity contribution in [3.63, 3.8) is 0 Å². The van der Waals surface area contributed by atoms with Crippen LogP contribution < -0.4 is 10.2 Å². The highest BCUT2D eigenvalue weighted by atomic mass is 16.2. The largest absolute Gasteiger partial charge is 0.368 e. The Labute approximate surface area is 182 Å². The number of nitrogens with one attached hydrogen (secondary N) is 1. The molecule has 1 aliphatic carbocycles. The van der Waals surface area contributed by atoms with Gasteiger partial charge in [-0.15, -0.1) is 0 Å². The molecular formula is C23H30N4O4. The van der Waals surface area contributed by atoms with Gasteiger partial charge >= 0.3 is 0 Å². The highest BCUT2D eigenvalue weighted by molar-refractivity contribution is 6.07. The van der Waals surface area contributed by atoms with Crippen molar-refractivity contribution in [1.82, 2.24) is 15.1 Å². The van der Waals surface area contributed by atoms with Crippen molar-refractivity contribution in [2.24, 2.45) is 11.8 Å². The number of hydrogen-bond acceptors (Lipinski definition) is 5. The zero-order valence-corrected chi connectivity index (χ0v) is 17.8. The van der Waals surface area contributed by atoms with Crippen LogP contribution in [-0.4, -0.2) is 72.7 Å². The maximum atomic E-state index is 12.5. The smallest absolute Gasteiger partial charge is 0.240 e. The summed E-state index contributed by atoms with van der Waals surface area (Å²) in [7, 11) is 0. The molecule has 0 radical (unpaired) electrons.